The van der Waals surface area contributed by atoms with Crippen molar-refractivity contribution in [2.45, 2.75) is 25.0 Å². The van der Waals surface area contributed by atoms with E-state index in [2.05, 4.69) is 42.2 Å². The quantitative estimate of drug-likeness (QED) is 0.441. The normalized spacial score (nSPS) is 20.5. The summed E-state index contributed by atoms with van der Waals surface area (Å²) in [5.74, 6) is -1.30. The molecule has 0 aliphatic carbocycles. The van der Waals surface area contributed by atoms with Gasteiger partial charge >= 0.3 is 0 Å². The highest BCUT2D eigenvalue weighted by molar-refractivity contribution is 9.10. The summed E-state index contributed by atoms with van der Waals surface area (Å²) in [6.07, 6.45) is -0.887. The fourth-order valence-corrected chi connectivity index (χ4v) is 4.77. The summed E-state index contributed by atoms with van der Waals surface area (Å²) in [7, 11) is -3.94. The van der Waals surface area contributed by atoms with E-state index in [0.29, 0.717) is 31.5 Å². The van der Waals surface area contributed by atoms with E-state index in [1.165, 1.54) is 12.1 Å². The van der Waals surface area contributed by atoms with E-state index in [-0.39, 0.29) is 19.4 Å². The summed E-state index contributed by atoms with van der Waals surface area (Å²) in [5.41, 5.74) is 2.01. The Morgan fingerprint density at radius 1 is 0.906 bits per heavy atom. The standard InChI is InChI=1S/C20H16Br2F2N2O5S/c21-15-3-1-11(5-17(15)23)19-7-13(30-25-19)9-29-32(27,28)10-14-8-20(26-31-14)12-2-4-16(22)18(24)6-12/h1-6,13-14H,7-10H2. The average Bonchev–Trinajstić information content (AvgIpc) is 3.40. The summed E-state index contributed by atoms with van der Waals surface area (Å²) in [4.78, 5) is 10.4. The molecular weight excluding hydrogens is 578 g/mol. The Morgan fingerprint density at radius 3 is 1.94 bits per heavy atom. The largest absolute Gasteiger partial charge is 0.391 e. The molecular formula is C20H16Br2F2N2O5S. The minimum Gasteiger partial charge on any atom is -0.391 e. The lowest BCUT2D eigenvalue weighted by Gasteiger charge is -2.12. The van der Waals surface area contributed by atoms with Crippen molar-refractivity contribution in [2.75, 3.05) is 12.4 Å². The molecule has 0 fully saturated rings. The van der Waals surface area contributed by atoms with Crippen LogP contribution in [0.4, 0.5) is 8.78 Å². The summed E-state index contributed by atoms with van der Waals surface area (Å²) in [5, 5.41) is 7.78. The van der Waals surface area contributed by atoms with Crippen LogP contribution in [0.5, 0.6) is 0 Å². The maximum atomic E-state index is 13.7. The van der Waals surface area contributed by atoms with E-state index in [1.54, 1.807) is 24.3 Å². The van der Waals surface area contributed by atoms with Crippen molar-refractivity contribution >= 4 is 53.4 Å². The van der Waals surface area contributed by atoms with Crippen LogP contribution in [-0.4, -0.2) is 44.4 Å². The smallest absolute Gasteiger partial charge is 0.271 e. The highest BCUT2D eigenvalue weighted by atomic mass is 79.9. The Hall–Kier alpha value is -1.89. The van der Waals surface area contributed by atoms with Crippen LogP contribution in [0.25, 0.3) is 0 Å². The summed E-state index contributed by atoms with van der Waals surface area (Å²) >= 11 is 6.16. The van der Waals surface area contributed by atoms with E-state index >= 15 is 0 Å². The molecule has 0 spiro atoms. The summed E-state index contributed by atoms with van der Waals surface area (Å²) < 4.78 is 57.9. The fraction of sp³-hybridized carbons (Fsp3) is 0.300. The predicted octanol–water partition coefficient (Wildman–Crippen LogP) is 4.52. The summed E-state index contributed by atoms with van der Waals surface area (Å²) in [6.45, 7) is -0.243. The molecule has 0 saturated carbocycles. The van der Waals surface area contributed by atoms with E-state index in [1.807, 2.05) is 0 Å². The molecule has 4 rings (SSSR count). The van der Waals surface area contributed by atoms with Gasteiger partial charge in [-0.15, -0.1) is 0 Å². The minimum absolute atomic E-state index is 0.200. The molecule has 12 heteroatoms. The van der Waals surface area contributed by atoms with Crippen LogP contribution in [-0.2, 0) is 24.0 Å². The molecule has 170 valence electrons. The Kier molecular flexibility index (Phi) is 6.94. The van der Waals surface area contributed by atoms with Gasteiger partial charge in [0.25, 0.3) is 10.1 Å². The maximum absolute atomic E-state index is 13.7. The van der Waals surface area contributed by atoms with E-state index in [0.717, 1.165) is 0 Å². The van der Waals surface area contributed by atoms with Crippen LogP contribution in [0.2, 0.25) is 0 Å². The highest BCUT2D eigenvalue weighted by Crippen LogP contribution is 2.24. The molecule has 0 saturated heterocycles. The molecule has 0 amide bonds. The van der Waals surface area contributed by atoms with Gasteiger partial charge in [0.1, 0.15) is 30.1 Å². The monoisotopic (exact) mass is 592 g/mol. The van der Waals surface area contributed by atoms with Crippen LogP contribution < -0.4 is 0 Å². The number of nitrogens with zero attached hydrogens (tertiary/aromatic N) is 2. The first-order valence-corrected chi connectivity index (χ1v) is 12.6. The third kappa shape index (κ3) is 5.53. The van der Waals surface area contributed by atoms with Gasteiger partial charge in [0, 0.05) is 24.0 Å². The Balaban J connectivity index is 1.27. The topological polar surface area (TPSA) is 86.6 Å². The first-order valence-electron chi connectivity index (χ1n) is 9.43. The van der Waals surface area contributed by atoms with E-state index < -0.39 is 39.7 Å². The zero-order chi connectivity index (χ0) is 22.9. The second kappa shape index (κ2) is 9.54. The Morgan fingerprint density at radius 2 is 1.41 bits per heavy atom. The SMILES string of the molecule is O=S(=O)(CC1CC(c2ccc(Br)c(F)c2)=NO1)OCC1CC(c2ccc(Br)c(F)c2)=NO1. The second-order valence-electron chi connectivity index (χ2n) is 7.21. The van der Waals surface area contributed by atoms with Gasteiger partial charge in [0.2, 0.25) is 0 Å². The van der Waals surface area contributed by atoms with Crippen molar-refractivity contribution in [1.29, 1.82) is 0 Å². The molecule has 2 aliphatic rings. The van der Waals surface area contributed by atoms with E-state index in [9.17, 15) is 17.2 Å². The van der Waals surface area contributed by atoms with Gasteiger partial charge in [0.15, 0.2) is 6.10 Å². The van der Waals surface area contributed by atoms with Gasteiger partial charge < -0.3 is 9.68 Å². The number of halogens is 4. The summed E-state index contributed by atoms with van der Waals surface area (Å²) in [6, 6.07) is 9.06. The molecule has 2 aromatic rings. The number of rotatable bonds is 7. The van der Waals surface area contributed by atoms with Gasteiger partial charge in [0.05, 0.1) is 20.4 Å². The van der Waals surface area contributed by atoms with Crippen LogP contribution in [0.1, 0.15) is 24.0 Å². The first kappa shape index (κ1) is 23.3. The fourth-order valence-electron chi connectivity index (χ4n) is 3.18. The third-order valence-corrected chi connectivity index (χ3v) is 7.36. The van der Waals surface area contributed by atoms with Gasteiger partial charge in [-0.05, 0) is 56.1 Å². The van der Waals surface area contributed by atoms with Crippen molar-refractivity contribution < 1.29 is 31.1 Å². The predicted molar refractivity (Wildman–Crippen MR) is 120 cm³/mol. The lowest BCUT2D eigenvalue weighted by atomic mass is 10.1. The molecule has 32 heavy (non-hydrogen) atoms. The minimum atomic E-state index is -3.94. The van der Waals surface area contributed by atoms with Crippen molar-refractivity contribution in [3.63, 3.8) is 0 Å². The maximum Gasteiger partial charge on any atom is 0.271 e. The van der Waals surface area contributed by atoms with Crippen molar-refractivity contribution in [3.8, 4) is 0 Å². The van der Waals surface area contributed by atoms with Crippen LogP contribution in [0.15, 0.2) is 55.7 Å². The van der Waals surface area contributed by atoms with Crippen molar-refractivity contribution in [2.24, 2.45) is 10.3 Å². The molecule has 0 aromatic heterocycles. The second-order valence-corrected chi connectivity index (χ2v) is 10.6. The lowest BCUT2D eigenvalue weighted by molar-refractivity contribution is 0.0475. The van der Waals surface area contributed by atoms with Crippen LogP contribution in [0.3, 0.4) is 0 Å². The number of oxime groups is 2. The molecule has 2 aliphatic heterocycles. The average molecular weight is 594 g/mol. The zero-order valence-electron chi connectivity index (χ0n) is 16.3. The molecule has 0 bridgehead atoms. The van der Waals surface area contributed by atoms with Crippen LogP contribution >= 0.6 is 31.9 Å². The molecule has 0 radical (unpaired) electrons. The Bertz CT molecular complexity index is 1210. The van der Waals surface area contributed by atoms with Crippen molar-refractivity contribution in [3.05, 3.63) is 68.1 Å². The number of benzene rings is 2. The van der Waals surface area contributed by atoms with E-state index in [4.69, 9.17) is 13.9 Å². The first-order chi connectivity index (χ1) is 15.2. The highest BCUT2D eigenvalue weighted by Gasteiger charge is 2.31. The molecule has 7 nitrogen and oxygen atoms in total. The lowest BCUT2D eigenvalue weighted by Crippen LogP contribution is -2.26. The van der Waals surface area contributed by atoms with Crippen LogP contribution in [0, 0.1) is 11.6 Å². The molecule has 2 atom stereocenters. The molecule has 2 unspecified atom stereocenters. The van der Waals surface area contributed by atoms with Gasteiger partial charge in [-0.2, -0.15) is 8.42 Å². The molecule has 0 N–H and O–H groups in total. The number of hydrogen-bond donors (Lipinski definition) is 0. The van der Waals surface area contributed by atoms with Gasteiger partial charge in [-0.1, -0.05) is 22.4 Å². The van der Waals surface area contributed by atoms with Gasteiger partial charge in [-0.3, -0.25) is 4.18 Å². The molecule has 2 aromatic carbocycles. The zero-order valence-corrected chi connectivity index (χ0v) is 20.3. The number of hydrogen-bond acceptors (Lipinski definition) is 7. The van der Waals surface area contributed by atoms with Gasteiger partial charge in [-0.25, -0.2) is 8.78 Å². The molecule has 2 heterocycles. The van der Waals surface area contributed by atoms with Crippen molar-refractivity contribution in [1.82, 2.24) is 0 Å². The third-order valence-electron chi connectivity index (χ3n) is 4.80. The Labute approximate surface area is 199 Å².